The van der Waals surface area contributed by atoms with Gasteiger partial charge in [-0.2, -0.15) is 11.3 Å². The van der Waals surface area contributed by atoms with Crippen molar-refractivity contribution < 1.29 is 14.3 Å². The highest BCUT2D eigenvalue weighted by Gasteiger charge is 2.18. The molecule has 0 atom stereocenters. The molecule has 23 heavy (non-hydrogen) atoms. The second-order valence-corrected chi connectivity index (χ2v) is 6.61. The number of hydrogen-bond acceptors (Lipinski definition) is 6. The maximum absolute atomic E-state index is 12.3. The van der Waals surface area contributed by atoms with Crippen molar-refractivity contribution in [3.63, 3.8) is 0 Å². The Balaban J connectivity index is 1.74. The first kappa shape index (κ1) is 15.7. The number of methoxy groups -OCH3 is 1. The lowest BCUT2D eigenvalue weighted by Gasteiger charge is -2.08. The molecule has 0 aliphatic carbocycles. The molecule has 0 fully saturated rings. The molecule has 2 heterocycles. The molecule has 1 aromatic carbocycles. The molecule has 0 amide bonds. The molecular formula is C17H15NO3S2. The third-order valence-corrected chi connectivity index (χ3v) is 5.17. The maximum atomic E-state index is 12.3. The van der Waals surface area contributed by atoms with Gasteiger partial charge in [0.2, 0.25) is 0 Å². The van der Waals surface area contributed by atoms with Gasteiger partial charge in [0, 0.05) is 16.5 Å². The predicted molar refractivity (Wildman–Crippen MR) is 92.3 cm³/mol. The minimum absolute atomic E-state index is 0.175. The van der Waals surface area contributed by atoms with Gasteiger partial charge in [0.25, 0.3) is 0 Å². The van der Waals surface area contributed by atoms with Crippen LogP contribution in [0, 0.1) is 6.92 Å². The summed E-state index contributed by atoms with van der Waals surface area (Å²) < 4.78 is 10.7. The first-order chi connectivity index (χ1) is 11.2. The van der Waals surface area contributed by atoms with E-state index in [0.717, 1.165) is 16.1 Å². The number of rotatable bonds is 5. The predicted octanol–water partition coefficient (Wildman–Crippen LogP) is 4.55. The molecule has 2 aromatic heterocycles. The average Bonchev–Trinajstić information content (AvgIpc) is 3.22. The number of carbonyl (C=O) groups is 1. The van der Waals surface area contributed by atoms with Crippen molar-refractivity contribution >= 4 is 28.6 Å². The number of aromatic nitrogens is 1. The number of aryl methyl sites for hydroxylation is 1. The summed E-state index contributed by atoms with van der Waals surface area (Å²) in [6, 6.07) is 9.48. The van der Waals surface area contributed by atoms with Crippen molar-refractivity contribution in [1.29, 1.82) is 0 Å². The van der Waals surface area contributed by atoms with Crippen LogP contribution in [0.1, 0.15) is 20.9 Å². The zero-order valence-corrected chi connectivity index (χ0v) is 14.4. The molecule has 3 rings (SSSR count). The van der Waals surface area contributed by atoms with Gasteiger partial charge in [-0.15, -0.1) is 11.3 Å². The number of hydrogen-bond donors (Lipinski definition) is 0. The van der Waals surface area contributed by atoms with Crippen LogP contribution in [0.4, 0.5) is 0 Å². The molecular weight excluding hydrogens is 330 g/mol. The fourth-order valence-electron chi connectivity index (χ4n) is 2.13. The third-order valence-electron chi connectivity index (χ3n) is 3.30. The normalized spacial score (nSPS) is 10.5. The van der Waals surface area contributed by atoms with Gasteiger partial charge in [-0.3, -0.25) is 0 Å². The minimum atomic E-state index is -0.354. The molecule has 118 valence electrons. The van der Waals surface area contributed by atoms with Crippen LogP contribution in [0.5, 0.6) is 5.75 Å². The van der Waals surface area contributed by atoms with Crippen molar-refractivity contribution in [2.24, 2.45) is 0 Å². The van der Waals surface area contributed by atoms with Crippen molar-refractivity contribution in [2.45, 2.75) is 13.5 Å². The smallest absolute Gasteiger partial charge is 0.350 e. The van der Waals surface area contributed by atoms with Crippen LogP contribution in [0.2, 0.25) is 0 Å². The van der Waals surface area contributed by atoms with E-state index in [2.05, 4.69) is 4.98 Å². The maximum Gasteiger partial charge on any atom is 0.350 e. The lowest BCUT2D eigenvalue weighted by atomic mass is 10.2. The zero-order chi connectivity index (χ0) is 16.2. The molecule has 0 radical (unpaired) electrons. The quantitative estimate of drug-likeness (QED) is 0.637. The summed E-state index contributed by atoms with van der Waals surface area (Å²) in [4.78, 5) is 17.3. The Hall–Kier alpha value is -2.18. The second-order valence-electron chi connectivity index (χ2n) is 4.83. The molecule has 0 aliphatic heterocycles. The van der Waals surface area contributed by atoms with Crippen LogP contribution in [-0.4, -0.2) is 18.1 Å². The molecule has 6 heteroatoms. The number of para-hydroxylation sites is 1. The van der Waals surface area contributed by atoms with Crippen molar-refractivity contribution in [1.82, 2.24) is 4.98 Å². The van der Waals surface area contributed by atoms with Crippen LogP contribution in [-0.2, 0) is 11.3 Å². The third kappa shape index (κ3) is 3.43. The Labute approximate surface area is 142 Å². The van der Waals surface area contributed by atoms with Crippen LogP contribution >= 0.6 is 22.7 Å². The van der Waals surface area contributed by atoms with Gasteiger partial charge in [0.15, 0.2) is 0 Å². The zero-order valence-electron chi connectivity index (χ0n) is 12.7. The van der Waals surface area contributed by atoms with E-state index in [4.69, 9.17) is 9.47 Å². The van der Waals surface area contributed by atoms with Gasteiger partial charge >= 0.3 is 5.97 Å². The van der Waals surface area contributed by atoms with E-state index in [-0.39, 0.29) is 12.6 Å². The van der Waals surface area contributed by atoms with E-state index in [0.29, 0.717) is 16.3 Å². The summed E-state index contributed by atoms with van der Waals surface area (Å²) in [5.41, 5.74) is 2.57. The molecule has 0 unspecified atom stereocenters. The number of thiophene rings is 1. The van der Waals surface area contributed by atoms with Crippen LogP contribution < -0.4 is 4.74 Å². The molecule has 0 saturated heterocycles. The summed E-state index contributed by atoms with van der Waals surface area (Å²) in [5.74, 6) is 0.354. The summed E-state index contributed by atoms with van der Waals surface area (Å²) in [5, 5.41) is 4.85. The molecule has 0 N–H and O–H groups in total. The van der Waals surface area contributed by atoms with Gasteiger partial charge in [-0.1, -0.05) is 18.2 Å². The number of nitrogens with zero attached hydrogens (tertiary/aromatic N) is 1. The fraction of sp³-hybridized carbons (Fsp3) is 0.176. The van der Waals surface area contributed by atoms with Gasteiger partial charge in [0.1, 0.15) is 22.2 Å². The van der Waals surface area contributed by atoms with Crippen LogP contribution in [0.3, 0.4) is 0 Å². The first-order valence-electron chi connectivity index (χ1n) is 6.98. The largest absolute Gasteiger partial charge is 0.496 e. The molecule has 3 aromatic rings. The van der Waals surface area contributed by atoms with Gasteiger partial charge in [-0.05, 0) is 24.4 Å². The number of thiazole rings is 1. The summed E-state index contributed by atoms with van der Waals surface area (Å²) in [6.45, 7) is 2.00. The molecule has 0 aliphatic rings. The Morgan fingerprint density at radius 3 is 2.83 bits per heavy atom. The second kappa shape index (κ2) is 6.93. The van der Waals surface area contributed by atoms with E-state index < -0.39 is 0 Å². The topological polar surface area (TPSA) is 48.4 Å². The number of ether oxygens (including phenoxy) is 2. The lowest BCUT2D eigenvalue weighted by Crippen LogP contribution is -2.05. The lowest BCUT2D eigenvalue weighted by molar-refractivity contribution is 0.0475. The van der Waals surface area contributed by atoms with Crippen LogP contribution in [0.15, 0.2) is 41.1 Å². The average molecular weight is 345 g/mol. The minimum Gasteiger partial charge on any atom is -0.496 e. The standard InChI is InChI=1S/C17H15NO3S2/c1-11-15(23-16(18-11)13-7-8-22-10-13)17(19)21-9-12-5-3-4-6-14(12)20-2/h3-8,10H,9H2,1-2H3. The Morgan fingerprint density at radius 2 is 2.09 bits per heavy atom. The van der Waals surface area contributed by atoms with Crippen molar-refractivity contribution in [3.05, 3.63) is 57.2 Å². The molecule has 4 nitrogen and oxygen atoms in total. The molecule has 0 bridgehead atoms. The highest BCUT2D eigenvalue weighted by Crippen LogP contribution is 2.30. The van der Waals surface area contributed by atoms with Crippen molar-refractivity contribution in [3.8, 4) is 16.3 Å². The summed E-state index contributed by atoms with van der Waals surface area (Å²) in [6.07, 6.45) is 0. The highest BCUT2D eigenvalue weighted by molar-refractivity contribution is 7.17. The summed E-state index contributed by atoms with van der Waals surface area (Å²) >= 11 is 2.97. The van der Waals surface area contributed by atoms with E-state index in [1.807, 2.05) is 48.0 Å². The fourth-order valence-corrected chi connectivity index (χ4v) is 3.80. The van der Waals surface area contributed by atoms with Gasteiger partial charge in [-0.25, -0.2) is 9.78 Å². The van der Waals surface area contributed by atoms with E-state index >= 15 is 0 Å². The number of benzene rings is 1. The van der Waals surface area contributed by atoms with E-state index in [9.17, 15) is 4.79 Å². The van der Waals surface area contributed by atoms with Gasteiger partial charge in [0.05, 0.1) is 12.8 Å². The summed E-state index contributed by atoms with van der Waals surface area (Å²) in [7, 11) is 1.60. The Bertz CT molecular complexity index is 809. The molecule has 0 spiro atoms. The molecule has 0 saturated carbocycles. The number of carbonyl (C=O) groups excluding carboxylic acids is 1. The van der Waals surface area contributed by atoms with E-state index in [1.165, 1.54) is 11.3 Å². The van der Waals surface area contributed by atoms with Gasteiger partial charge < -0.3 is 9.47 Å². The monoisotopic (exact) mass is 345 g/mol. The Morgan fingerprint density at radius 1 is 1.26 bits per heavy atom. The number of esters is 1. The Kier molecular flexibility index (Phi) is 4.73. The SMILES string of the molecule is COc1ccccc1COC(=O)c1sc(-c2ccsc2)nc1C. The highest BCUT2D eigenvalue weighted by atomic mass is 32.1. The van der Waals surface area contributed by atoms with Crippen LogP contribution in [0.25, 0.3) is 10.6 Å². The van der Waals surface area contributed by atoms with E-state index in [1.54, 1.807) is 18.4 Å². The first-order valence-corrected chi connectivity index (χ1v) is 8.74. The van der Waals surface area contributed by atoms with Crippen molar-refractivity contribution in [2.75, 3.05) is 7.11 Å².